The average Bonchev–Trinajstić information content (AvgIpc) is 2.72. The van der Waals surface area contributed by atoms with Crippen molar-refractivity contribution >= 4 is 17.5 Å². The van der Waals surface area contributed by atoms with Gasteiger partial charge in [0.1, 0.15) is 17.3 Å². The number of nitro benzene ring substituents is 1. The number of likely N-dealkylation sites (tertiary alicyclic amines) is 1. The van der Waals surface area contributed by atoms with Crippen LogP contribution in [0.15, 0.2) is 42.6 Å². The second-order valence-corrected chi connectivity index (χ2v) is 7.56. The van der Waals surface area contributed by atoms with Crippen molar-refractivity contribution in [1.29, 1.82) is 0 Å². The molecular weight excluding hydrogens is 388 g/mol. The number of hydrogen-bond acceptors (Lipinski definition) is 7. The average molecular weight is 412 g/mol. The van der Waals surface area contributed by atoms with Crippen LogP contribution in [0.5, 0.6) is 11.5 Å². The van der Waals surface area contributed by atoms with E-state index in [-0.39, 0.29) is 11.7 Å². The second kappa shape index (κ2) is 8.64. The van der Waals surface area contributed by atoms with E-state index in [1.165, 1.54) is 24.3 Å². The van der Waals surface area contributed by atoms with Crippen molar-refractivity contribution in [1.82, 2.24) is 19.7 Å². The van der Waals surface area contributed by atoms with E-state index in [2.05, 4.69) is 27.1 Å². The number of carbonyl (C=O) groups excluding carboxylic acids is 1. The van der Waals surface area contributed by atoms with Crippen molar-refractivity contribution in [3.05, 3.63) is 52.7 Å². The molecule has 4 rings (SSSR count). The fraction of sp³-hybridized carbons (Fsp3) is 0.400. The molecule has 10 heteroatoms. The van der Waals surface area contributed by atoms with Crippen LogP contribution in [0.4, 0.5) is 16.3 Å². The Hall–Kier alpha value is -3.24. The maximum atomic E-state index is 12.6. The van der Waals surface area contributed by atoms with Crippen molar-refractivity contribution in [2.45, 2.75) is 6.04 Å². The highest BCUT2D eigenvalue weighted by molar-refractivity contribution is 5.88. The minimum absolute atomic E-state index is 0.00513. The SMILES string of the molecule is CN1CC(N2CCN(C(=O)Nc3cc(Oc4ccc([N+](=O)[O-])cc4)ccn3)CC2)C1. The molecule has 1 N–H and O–H groups in total. The summed E-state index contributed by atoms with van der Waals surface area (Å²) in [6, 6.07) is 9.51. The van der Waals surface area contributed by atoms with E-state index in [0.717, 1.165) is 26.2 Å². The Labute approximate surface area is 174 Å². The van der Waals surface area contributed by atoms with Gasteiger partial charge in [-0.25, -0.2) is 9.78 Å². The van der Waals surface area contributed by atoms with E-state index in [1.807, 2.05) is 0 Å². The number of aromatic nitrogens is 1. The molecule has 2 aliphatic heterocycles. The molecule has 0 spiro atoms. The van der Waals surface area contributed by atoms with Crippen molar-refractivity contribution in [2.75, 3.05) is 51.6 Å². The van der Waals surface area contributed by atoms with Crippen molar-refractivity contribution < 1.29 is 14.5 Å². The first-order valence-corrected chi connectivity index (χ1v) is 9.85. The zero-order chi connectivity index (χ0) is 21.1. The third-order valence-corrected chi connectivity index (χ3v) is 5.41. The highest BCUT2D eigenvalue weighted by Crippen LogP contribution is 2.25. The molecule has 0 unspecified atom stereocenters. The fourth-order valence-corrected chi connectivity index (χ4v) is 3.69. The highest BCUT2D eigenvalue weighted by atomic mass is 16.6. The smallest absolute Gasteiger partial charge is 0.323 e. The van der Waals surface area contributed by atoms with Crippen molar-refractivity contribution in [2.24, 2.45) is 0 Å². The maximum absolute atomic E-state index is 12.6. The Kier molecular flexibility index (Phi) is 5.77. The molecule has 2 fully saturated rings. The molecule has 1 aromatic carbocycles. The van der Waals surface area contributed by atoms with E-state index in [1.54, 1.807) is 23.2 Å². The van der Waals surface area contributed by atoms with E-state index >= 15 is 0 Å². The van der Waals surface area contributed by atoms with E-state index in [4.69, 9.17) is 4.74 Å². The number of non-ortho nitro benzene ring substituents is 1. The number of nitro groups is 1. The Morgan fingerprint density at radius 3 is 2.47 bits per heavy atom. The number of likely N-dealkylation sites (N-methyl/N-ethyl adjacent to an activating group) is 1. The third kappa shape index (κ3) is 4.66. The van der Waals surface area contributed by atoms with Gasteiger partial charge in [-0.15, -0.1) is 0 Å². The van der Waals surface area contributed by atoms with Crippen LogP contribution >= 0.6 is 0 Å². The number of hydrogen-bond donors (Lipinski definition) is 1. The normalized spacial score (nSPS) is 18.0. The van der Waals surface area contributed by atoms with Crippen LogP contribution in [0.25, 0.3) is 0 Å². The van der Waals surface area contributed by atoms with Crippen molar-refractivity contribution in [3.63, 3.8) is 0 Å². The summed E-state index contributed by atoms with van der Waals surface area (Å²) in [5.74, 6) is 1.33. The van der Waals surface area contributed by atoms with Gasteiger partial charge in [0.2, 0.25) is 0 Å². The van der Waals surface area contributed by atoms with Gasteiger partial charge in [0.05, 0.1) is 4.92 Å². The predicted molar refractivity (Wildman–Crippen MR) is 111 cm³/mol. The lowest BCUT2D eigenvalue weighted by Crippen LogP contribution is -2.62. The number of nitrogens with zero attached hydrogens (tertiary/aromatic N) is 5. The number of pyridine rings is 1. The highest BCUT2D eigenvalue weighted by Gasteiger charge is 2.32. The summed E-state index contributed by atoms with van der Waals surface area (Å²) < 4.78 is 5.71. The number of ether oxygens (including phenoxy) is 1. The number of piperazine rings is 1. The number of rotatable bonds is 5. The first-order chi connectivity index (χ1) is 14.5. The van der Waals surface area contributed by atoms with Crippen LogP contribution in [0.3, 0.4) is 0 Å². The largest absolute Gasteiger partial charge is 0.457 e. The van der Waals surface area contributed by atoms with Crippen LogP contribution in [-0.4, -0.2) is 83.0 Å². The number of nitrogens with one attached hydrogen (secondary N) is 1. The van der Waals surface area contributed by atoms with Crippen LogP contribution < -0.4 is 10.1 Å². The standard InChI is InChI=1S/C20H24N6O4/c1-23-13-16(14-23)24-8-10-25(11-9-24)20(27)22-19-12-18(6-7-21-19)30-17-4-2-15(3-5-17)26(28)29/h2-7,12,16H,8-11,13-14H2,1H3,(H,21,22,27). The lowest BCUT2D eigenvalue weighted by atomic mass is 10.1. The number of carbonyl (C=O) groups is 1. The molecular formula is C20H24N6O4. The second-order valence-electron chi connectivity index (χ2n) is 7.56. The summed E-state index contributed by atoms with van der Waals surface area (Å²) in [5, 5.41) is 13.6. The number of anilines is 1. The molecule has 2 amide bonds. The molecule has 2 saturated heterocycles. The lowest BCUT2D eigenvalue weighted by Gasteiger charge is -2.46. The third-order valence-electron chi connectivity index (χ3n) is 5.41. The van der Waals surface area contributed by atoms with Gasteiger partial charge in [0.15, 0.2) is 0 Å². The van der Waals surface area contributed by atoms with Crippen LogP contribution in [0.1, 0.15) is 0 Å². The predicted octanol–water partition coefficient (Wildman–Crippen LogP) is 2.25. The van der Waals surface area contributed by atoms with Gasteiger partial charge in [-0.2, -0.15) is 0 Å². The molecule has 0 bridgehead atoms. The number of amides is 2. The van der Waals surface area contributed by atoms with Gasteiger partial charge < -0.3 is 14.5 Å². The van der Waals surface area contributed by atoms with Crippen LogP contribution in [0.2, 0.25) is 0 Å². The molecule has 1 aromatic heterocycles. The quantitative estimate of drug-likeness (QED) is 0.593. The minimum Gasteiger partial charge on any atom is -0.457 e. The van der Waals surface area contributed by atoms with Crippen LogP contribution in [0, 0.1) is 10.1 Å². The lowest BCUT2D eigenvalue weighted by molar-refractivity contribution is -0.384. The van der Waals surface area contributed by atoms with Gasteiger partial charge in [-0.05, 0) is 25.2 Å². The van der Waals surface area contributed by atoms with Crippen LogP contribution in [-0.2, 0) is 0 Å². The van der Waals surface area contributed by atoms with E-state index in [0.29, 0.717) is 36.4 Å². The van der Waals surface area contributed by atoms with Crippen molar-refractivity contribution in [3.8, 4) is 11.5 Å². The molecule has 0 radical (unpaired) electrons. The number of benzene rings is 1. The minimum atomic E-state index is -0.464. The molecule has 0 aliphatic carbocycles. The molecule has 0 atom stereocenters. The topological polar surface area (TPSA) is 104 Å². The van der Waals surface area contributed by atoms with E-state index in [9.17, 15) is 14.9 Å². The molecule has 30 heavy (non-hydrogen) atoms. The van der Waals surface area contributed by atoms with Gasteiger partial charge in [-0.3, -0.25) is 20.3 Å². The summed E-state index contributed by atoms with van der Waals surface area (Å²) in [6.07, 6.45) is 1.54. The molecule has 2 aliphatic rings. The molecule has 2 aromatic rings. The first kappa shape index (κ1) is 20.0. The maximum Gasteiger partial charge on any atom is 0.323 e. The van der Waals surface area contributed by atoms with Gasteiger partial charge >= 0.3 is 6.03 Å². The molecule has 0 saturated carbocycles. The first-order valence-electron chi connectivity index (χ1n) is 9.85. The van der Waals surface area contributed by atoms with Gasteiger partial charge in [0, 0.05) is 69.7 Å². The van der Waals surface area contributed by atoms with E-state index < -0.39 is 4.92 Å². The Morgan fingerprint density at radius 1 is 1.13 bits per heavy atom. The zero-order valence-corrected chi connectivity index (χ0v) is 16.7. The summed E-state index contributed by atoms with van der Waals surface area (Å²) >= 11 is 0. The zero-order valence-electron chi connectivity index (χ0n) is 16.7. The fourth-order valence-electron chi connectivity index (χ4n) is 3.69. The summed E-state index contributed by atoms with van der Waals surface area (Å²) in [4.78, 5) is 33.6. The van der Waals surface area contributed by atoms with Gasteiger partial charge in [-0.1, -0.05) is 0 Å². The summed E-state index contributed by atoms with van der Waals surface area (Å²) in [6.45, 7) is 5.32. The number of urea groups is 1. The summed E-state index contributed by atoms with van der Waals surface area (Å²) in [5.41, 5.74) is -0.00513. The Morgan fingerprint density at radius 2 is 1.83 bits per heavy atom. The monoisotopic (exact) mass is 412 g/mol. The summed E-state index contributed by atoms with van der Waals surface area (Å²) in [7, 11) is 2.12. The Balaban J connectivity index is 1.30. The Bertz CT molecular complexity index is 908. The van der Waals surface area contributed by atoms with Gasteiger partial charge in [0.25, 0.3) is 5.69 Å². The molecule has 158 valence electrons. The molecule has 10 nitrogen and oxygen atoms in total. The molecule has 3 heterocycles.